The van der Waals surface area contributed by atoms with Gasteiger partial charge in [0.1, 0.15) is 18.1 Å². The number of aromatic nitrogens is 3. The summed E-state index contributed by atoms with van der Waals surface area (Å²) in [6.07, 6.45) is 0. The van der Waals surface area contributed by atoms with Crippen molar-refractivity contribution in [3.8, 4) is 17.1 Å². The first-order valence-electron chi connectivity index (χ1n) is 8.47. The summed E-state index contributed by atoms with van der Waals surface area (Å²) in [5.41, 5.74) is 1.17. The van der Waals surface area contributed by atoms with Gasteiger partial charge in [0.05, 0.1) is 17.2 Å². The maximum atomic E-state index is 12.3. The van der Waals surface area contributed by atoms with E-state index >= 15 is 0 Å². The number of anilines is 1. The number of ether oxygens (including phenoxy) is 1. The zero-order chi connectivity index (χ0) is 21.0. The van der Waals surface area contributed by atoms with Crippen LogP contribution in [0.25, 0.3) is 11.4 Å². The second-order valence-electron chi connectivity index (χ2n) is 6.00. The van der Waals surface area contributed by atoms with Gasteiger partial charge in [0.15, 0.2) is 5.82 Å². The number of rotatable bonds is 5. The maximum Gasteiger partial charge on any atom is 0.325 e. The molecule has 2 N–H and O–H groups in total. The molecular formula is C19H17Cl2N5O3. The lowest BCUT2D eigenvalue weighted by atomic mass is 10.2. The Morgan fingerprint density at radius 1 is 1.10 bits per heavy atom. The molecule has 1 aromatic heterocycles. The van der Waals surface area contributed by atoms with Crippen LogP contribution in [0.4, 0.5) is 10.5 Å². The molecular weight excluding hydrogens is 417 g/mol. The third-order valence-electron chi connectivity index (χ3n) is 3.85. The van der Waals surface area contributed by atoms with Gasteiger partial charge in [-0.3, -0.25) is 10.1 Å². The number of nitrogens with zero attached hydrogens (tertiary/aromatic N) is 3. The maximum absolute atomic E-state index is 12.3. The number of hydrogen-bond donors (Lipinski definition) is 2. The Morgan fingerprint density at radius 2 is 1.83 bits per heavy atom. The van der Waals surface area contributed by atoms with E-state index in [1.165, 1.54) is 4.68 Å². The Hall–Kier alpha value is -3.10. The molecule has 0 aliphatic heterocycles. The molecule has 0 aliphatic rings. The minimum Gasteiger partial charge on any atom is -0.497 e. The van der Waals surface area contributed by atoms with Gasteiger partial charge in [0.25, 0.3) is 0 Å². The van der Waals surface area contributed by atoms with Crippen LogP contribution in [0.1, 0.15) is 5.82 Å². The highest BCUT2D eigenvalue weighted by molar-refractivity contribution is 6.42. The molecule has 0 radical (unpaired) electrons. The average Bonchev–Trinajstić information content (AvgIpc) is 3.04. The van der Waals surface area contributed by atoms with E-state index in [1.54, 1.807) is 56.5 Å². The molecule has 8 nitrogen and oxygen atoms in total. The van der Waals surface area contributed by atoms with Gasteiger partial charge in [-0.1, -0.05) is 23.2 Å². The standard InChI is InChI=1S/C19H17Cl2N5O3/c1-11-22-18(12-3-8-15(20)16(21)9-12)26(25-11)10-17(27)24-19(28)23-13-4-6-14(29-2)7-5-13/h3-9H,10H2,1-2H3,(H2,23,24,27,28). The zero-order valence-electron chi connectivity index (χ0n) is 15.6. The third kappa shape index (κ3) is 5.24. The Kier molecular flexibility index (Phi) is 6.36. The van der Waals surface area contributed by atoms with Gasteiger partial charge >= 0.3 is 6.03 Å². The van der Waals surface area contributed by atoms with Gasteiger partial charge in [-0.15, -0.1) is 0 Å². The first-order valence-corrected chi connectivity index (χ1v) is 9.23. The Morgan fingerprint density at radius 3 is 2.48 bits per heavy atom. The van der Waals surface area contributed by atoms with Gasteiger partial charge < -0.3 is 10.1 Å². The van der Waals surface area contributed by atoms with Crippen LogP contribution in [0, 0.1) is 6.92 Å². The number of hydrogen-bond acceptors (Lipinski definition) is 5. The van der Waals surface area contributed by atoms with Crippen LogP contribution >= 0.6 is 23.2 Å². The number of methoxy groups -OCH3 is 1. The van der Waals surface area contributed by atoms with Crippen LogP contribution in [0.3, 0.4) is 0 Å². The van der Waals surface area contributed by atoms with Crippen LogP contribution in [0.2, 0.25) is 10.0 Å². The monoisotopic (exact) mass is 433 g/mol. The molecule has 2 aromatic carbocycles. The Labute approximate surface area is 176 Å². The fourth-order valence-electron chi connectivity index (χ4n) is 2.55. The first-order chi connectivity index (χ1) is 13.9. The number of halogens is 2. The van der Waals surface area contributed by atoms with Gasteiger partial charge in [-0.2, -0.15) is 5.10 Å². The Balaban J connectivity index is 1.67. The normalized spacial score (nSPS) is 10.5. The van der Waals surface area contributed by atoms with Crippen molar-refractivity contribution in [1.29, 1.82) is 0 Å². The van der Waals surface area contributed by atoms with Crippen LogP contribution in [0.15, 0.2) is 42.5 Å². The van der Waals surface area contributed by atoms with Gasteiger partial charge in [-0.25, -0.2) is 14.5 Å². The second kappa shape index (κ2) is 8.93. The molecule has 0 atom stereocenters. The predicted molar refractivity (Wildman–Crippen MR) is 110 cm³/mol. The van der Waals surface area contributed by atoms with E-state index in [9.17, 15) is 9.59 Å². The molecule has 3 amide bonds. The molecule has 0 saturated carbocycles. The molecule has 29 heavy (non-hydrogen) atoms. The highest BCUT2D eigenvalue weighted by atomic mass is 35.5. The van der Waals surface area contributed by atoms with Crippen molar-refractivity contribution in [3.05, 3.63) is 58.3 Å². The quantitative estimate of drug-likeness (QED) is 0.635. The van der Waals surface area contributed by atoms with E-state index in [0.29, 0.717) is 38.7 Å². The van der Waals surface area contributed by atoms with Gasteiger partial charge in [-0.05, 0) is 49.4 Å². The number of carbonyl (C=O) groups is 2. The van der Waals surface area contributed by atoms with E-state index in [1.807, 2.05) is 0 Å². The largest absolute Gasteiger partial charge is 0.497 e. The molecule has 0 unspecified atom stereocenters. The van der Waals surface area contributed by atoms with Crippen molar-refractivity contribution in [1.82, 2.24) is 20.1 Å². The number of aryl methyl sites for hydroxylation is 1. The van der Waals surface area contributed by atoms with E-state index in [0.717, 1.165) is 0 Å². The molecule has 3 rings (SSSR count). The lowest BCUT2D eigenvalue weighted by Crippen LogP contribution is -2.36. The smallest absolute Gasteiger partial charge is 0.325 e. The third-order valence-corrected chi connectivity index (χ3v) is 4.59. The summed E-state index contributed by atoms with van der Waals surface area (Å²) < 4.78 is 6.45. The number of urea groups is 1. The second-order valence-corrected chi connectivity index (χ2v) is 6.81. The van der Waals surface area contributed by atoms with Gasteiger partial charge in [0.2, 0.25) is 5.91 Å². The summed E-state index contributed by atoms with van der Waals surface area (Å²) in [6, 6.07) is 11.0. The van der Waals surface area contributed by atoms with Crippen LogP contribution < -0.4 is 15.4 Å². The van der Waals surface area contributed by atoms with Crippen LogP contribution in [-0.2, 0) is 11.3 Å². The summed E-state index contributed by atoms with van der Waals surface area (Å²) in [5, 5.41) is 9.81. The van der Waals surface area contributed by atoms with Crippen LogP contribution in [-0.4, -0.2) is 33.8 Å². The van der Waals surface area contributed by atoms with Crippen molar-refractivity contribution >= 4 is 40.8 Å². The molecule has 1 heterocycles. The average molecular weight is 434 g/mol. The molecule has 0 aliphatic carbocycles. The number of imide groups is 1. The minimum atomic E-state index is -0.659. The fourth-order valence-corrected chi connectivity index (χ4v) is 2.85. The lowest BCUT2D eigenvalue weighted by molar-refractivity contribution is -0.120. The molecule has 10 heteroatoms. The summed E-state index contributed by atoms with van der Waals surface area (Å²) in [4.78, 5) is 28.7. The minimum absolute atomic E-state index is 0.202. The van der Waals surface area contributed by atoms with Gasteiger partial charge in [0, 0.05) is 11.3 Å². The topological polar surface area (TPSA) is 98.1 Å². The summed E-state index contributed by atoms with van der Waals surface area (Å²) >= 11 is 12.0. The van der Waals surface area contributed by atoms with Crippen molar-refractivity contribution in [2.45, 2.75) is 13.5 Å². The lowest BCUT2D eigenvalue weighted by Gasteiger charge is -2.09. The number of amides is 3. The molecule has 3 aromatic rings. The molecule has 0 spiro atoms. The predicted octanol–water partition coefficient (Wildman–Crippen LogP) is 3.92. The number of nitrogens with one attached hydrogen (secondary N) is 2. The number of benzene rings is 2. The fraction of sp³-hybridized carbons (Fsp3) is 0.158. The van der Waals surface area contributed by atoms with Crippen molar-refractivity contribution < 1.29 is 14.3 Å². The SMILES string of the molecule is COc1ccc(NC(=O)NC(=O)Cn2nc(C)nc2-c2ccc(Cl)c(Cl)c2)cc1. The van der Waals surface area contributed by atoms with Crippen molar-refractivity contribution in [2.75, 3.05) is 12.4 Å². The molecule has 0 fully saturated rings. The highest BCUT2D eigenvalue weighted by Crippen LogP contribution is 2.27. The Bertz CT molecular complexity index is 1050. The van der Waals surface area contributed by atoms with E-state index in [-0.39, 0.29) is 6.54 Å². The summed E-state index contributed by atoms with van der Waals surface area (Å²) in [6.45, 7) is 1.50. The van der Waals surface area contributed by atoms with Crippen molar-refractivity contribution in [2.24, 2.45) is 0 Å². The molecule has 150 valence electrons. The molecule has 0 bridgehead atoms. The van der Waals surface area contributed by atoms with Crippen LogP contribution in [0.5, 0.6) is 5.75 Å². The van der Waals surface area contributed by atoms with E-state index in [2.05, 4.69) is 20.7 Å². The highest BCUT2D eigenvalue weighted by Gasteiger charge is 2.16. The number of carbonyl (C=O) groups excluding carboxylic acids is 2. The summed E-state index contributed by atoms with van der Waals surface area (Å²) in [7, 11) is 1.55. The van der Waals surface area contributed by atoms with E-state index in [4.69, 9.17) is 27.9 Å². The van der Waals surface area contributed by atoms with Crippen molar-refractivity contribution in [3.63, 3.8) is 0 Å². The van der Waals surface area contributed by atoms with E-state index < -0.39 is 11.9 Å². The first kappa shape index (κ1) is 20.6. The zero-order valence-corrected chi connectivity index (χ0v) is 17.1. The molecule has 0 saturated heterocycles. The summed E-state index contributed by atoms with van der Waals surface area (Å²) in [5.74, 6) is 1.01.